The molecule has 1 heterocycles. The third kappa shape index (κ3) is 4.93. The van der Waals surface area contributed by atoms with Crippen LogP contribution in [0.3, 0.4) is 0 Å². The smallest absolute Gasteiger partial charge is 0.199 e. The third-order valence-corrected chi connectivity index (χ3v) is 5.94. The van der Waals surface area contributed by atoms with Crippen LogP contribution < -0.4 is 16.8 Å². The number of fused-ring (bicyclic) bond motifs is 1. The van der Waals surface area contributed by atoms with Gasteiger partial charge in [0, 0.05) is 23.4 Å². The van der Waals surface area contributed by atoms with Crippen LogP contribution in [0, 0.1) is 0 Å². The maximum atomic E-state index is 10.7. The summed E-state index contributed by atoms with van der Waals surface area (Å²) in [5.41, 5.74) is 17.1. The molecule has 5 aromatic rings. The van der Waals surface area contributed by atoms with Gasteiger partial charge in [0.2, 0.25) is 0 Å². The molecule has 1 unspecified atom stereocenters. The molecule has 5 rings (SSSR count). The molecule has 0 amide bonds. The highest BCUT2D eigenvalue weighted by atomic mass is 16.3. The molecule has 7 heteroatoms. The van der Waals surface area contributed by atoms with Gasteiger partial charge in [-0.05, 0) is 52.2 Å². The van der Waals surface area contributed by atoms with Crippen LogP contribution >= 0.6 is 0 Å². The summed E-state index contributed by atoms with van der Waals surface area (Å²) in [4.78, 5) is 4.39. The SMILES string of the molecule is NCC(O)c1cc2ccccc2cc1-c1ccccc1NC(N)=Nc1ccc(-c2ccccc2)nn1. The number of para-hydroxylation sites is 1. The molecule has 178 valence electrons. The Bertz CT molecular complexity index is 1520. The van der Waals surface area contributed by atoms with Gasteiger partial charge in [-0.1, -0.05) is 72.8 Å². The first kappa shape index (κ1) is 23.2. The first-order valence-electron chi connectivity index (χ1n) is 11.6. The lowest BCUT2D eigenvalue weighted by atomic mass is 9.91. The van der Waals surface area contributed by atoms with Crippen molar-refractivity contribution in [3.8, 4) is 22.4 Å². The summed E-state index contributed by atoms with van der Waals surface area (Å²) in [6.45, 7) is 0.113. The number of benzene rings is 4. The number of nitrogens with one attached hydrogen (secondary N) is 1. The molecule has 0 saturated heterocycles. The van der Waals surface area contributed by atoms with Crippen LogP contribution in [0.15, 0.2) is 108 Å². The topological polar surface area (TPSA) is 122 Å². The summed E-state index contributed by atoms with van der Waals surface area (Å²) in [5, 5.41) is 24.4. The van der Waals surface area contributed by atoms with E-state index in [0.717, 1.165) is 44.4 Å². The number of anilines is 1. The van der Waals surface area contributed by atoms with E-state index >= 15 is 0 Å². The Morgan fingerprint density at radius 1 is 0.806 bits per heavy atom. The molecule has 0 spiro atoms. The molecule has 0 aliphatic carbocycles. The Morgan fingerprint density at radius 2 is 1.50 bits per heavy atom. The van der Waals surface area contributed by atoms with Gasteiger partial charge >= 0.3 is 0 Å². The Labute approximate surface area is 209 Å². The Balaban J connectivity index is 1.47. The van der Waals surface area contributed by atoms with Crippen LogP contribution in [0.5, 0.6) is 0 Å². The average molecular weight is 475 g/mol. The Hall–Kier alpha value is -4.59. The zero-order chi connectivity index (χ0) is 24.9. The van der Waals surface area contributed by atoms with E-state index in [4.69, 9.17) is 11.5 Å². The van der Waals surface area contributed by atoms with E-state index in [9.17, 15) is 5.11 Å². The molecular formula is C29H26N6O. The van der Waals surface area contributed by atoms with Crippen molar-refractivity contribution in [1.82, 2.24) is 10.2 Å². The van der Waals surface area contributed by atoms with Gasteiger partial charge in [0.1, 0.15) is 0 Å². The lowest BCUT2D eigenvalue weighted by Gasteiger charge is -2.19. The number of hydrogen-bond donors (Lipinski definition) is 4. The highest BCUT2D eigenvalue weighted by molar-refractivity contribution is 5.99. The molecule has 0 aliphatic rings. The van der Waals surface area contributed by atoms with Gasteiger partial charge in [0.05, 0.1) is 11.8 Å². The molecule has 0 saturated carbocycles. The molecule has 7 nitrogen and oxygen atoms in total. The Morgan fingerprint density at radius 3 is 2.22 bits per heavy atom. The number of nitrogens with zero attached hydrogens (tertiary/aromatic N) is 3. The number of aliphatic hydroxyl groups is 1. The summed E-state index contributed by atoms with van der Waals surface area (Å²) in [6.07, 6.45) is -0.804. The summed E-state index contributed by atoms with van der Waals surface area (Å²) < 4.78 is 0. The molecular weight excluding hydrogens is 448 g/mol. The molecule has 0 radical (unpaired) electrons. The van der Waals surface area contributed by atoms with Gasteiger partial charge in [-0.15, -0.1) is 10.2 Å². The van der Waals surface area contributed by atoms with Crippen LogP contribution in [0.2, 0.25) is 0 Å². The number of rotatable bonds is 6. The summed E-state index contributed by atoms with van der Waals surface area (Å²) >= 11 is 0. The fraction of sp³-hybridized carbons (Fsp3) is 0.0690. The molecule has 4 aromatic carbocycles. The van der Waals surface area contributed by atoms with Crippen LogP contribution in [0.4, 0.5) is 11.5 Å². The molecule has 1 atom stereocenters. The first-order chi connectivity index (χ1) is 17.6. The van der Waals surface area contributed by atoms with Crippen LogP contribution in [-0.4, -0.2) is 27.8 Å². The standard InChI is InChI=1S/C29H26N6O/c30-18-27(36)24-17-21-11-5-4-10-20(21)16-23(24)22-12-6-7-13-26(22)32-29(31)33-28-15-14-25(34-35-28)19-8-2-1-3-9-19/h1-17,27,36H,18,30H2,(H3,31,32,33,35). The normalized spacial score (nSPS) is 12.4. The largest absolute Gasteiger partial charge is 0.387 e. The van der Waals surface area contributed by atoms with Crippen LogP contribution in [0.1, 0.15) is 11.7 Å². The van der Waals surface area contributed by atoms with Gasteiger partial charge in [-0.25, -0.2) is 0 Å². The van der Waals surface area contributed by atoms with E-state index in [2.05, 4.69) is 26.6 Å². The van der Waals surface area contributed by atoms with E-state index < -0.39 is 6.10 Å². The van der Waals surface area contributed by atoms with Crippen LogP contribution in [0.25, 0.3) is 33.2 Å². The van der Waals surface area contributed by atoms with Crippen LogP contribution in [-0.2, 0) is 0 Å². The number of aromatic nitrogens is 2. The maximum absolute atomic E-state index is 10.7. The van der Waals surface area contributed by atoms with Crippen molar-refractivity contribution in [3.63, 3.8) is 0 Å². The Kier molecular flexibility index (Phi) is 6.66. The number of nitrogens with two attached hydrogens (primary N) is 2. The van der Waals surface area contributed by atoms with Gasteiger partial charge in [0.25, 0.3) is 0 Å². The minimum absolute atomic E-state index is 0.113. The van der Waals surface area contributed by atoms with Crippen molar-refractivity contribution in [1.29, 1.82) is 0 Å². The fourth-order valence-corrected chi connectivity index (χ4v) is 4.16. The number of aliphatic imine (C=N–C) groups is 1. The van der Waals surface area contributed by atoms with Crippen molar-refractivity contribution in [3.05, 3.63) is 109 Å². The molecule has 1 aromatic heterocycles. The monoisotopic (exact) mass is 474 g/mol. The number of hydrogen-bond acceptors (Lipinski definition) is 5. The van der Waals surface area contributed by atoms with E-state index in [-0.39, 0.29) is 12.5 Å². The molecule has 36 heavy (non-hydrogen) atoms. The zero-order valence-corrected chi connectivity index (χ0v) is 19.5. The predicted molar refractivity (Wildman–Crippen MR) is 146 cm³/mol. The molecule has 0 aliphatic heterocycles. The minimum atomic E-state index is -0.804. The third-order valence-electron chi connectivity index (χ3n) is 5.94. The van der Waals surface area contributed by atoms with E-state index in [1.165, 1.54) is 0 Å². The van der Waals surface area contributed by atoms with Crippen molar-refractivity contribution >= 4 is 28.2 Å². The summed E-state index contributed by atoms with van der Waals surface area (Å²) in [5.74, 6) is 0.563. The minimum Gasteiger partial charge on any atom is -0.387 e. The van der Waals surface area contributed by atoms with E-state index in [0.29, 0.717) is 5.82 Å². The average Bonchev–Trinajstić information content (AvgIpc) is 2.93. The number of aliphatic hydroxyl groups excluding tert-OH is 1. The van der Waals surface area contributed by atoms with E-state index in [1.54, 1.807) is 6.07 Å². The second kappa shape index (κ2) is 10.4. The highest BCUT2D eigenvalue weighted by Gasteiger charge is 2.16. The first-order valence-corrected chi connectivity index (χ1v) is 11.6. The van der Waals surface area contributed by atoms with Gasteiger partial charge in [0.15, 0.2) is 11.8 Å². The van der Waals surface area contributed by atoms with Crippen molar-refractivity contribution in [2.45, 2.75) is 6.10 Å². The summed E-state index contributed by atoms with van der Waals surface area (Å²) in [6, 6.07) is 33.3. The lowest BCUT2D eigenvalue weighted by Crippen LogP contribution is -2.22. The van der Waals surface area contributed by atoms with E-state index in [1.807, 2.05) is 91.0 Å². The highest BCUT2D eigenvalue weighted by Crippen LogP contribution is 2.36. The molecule has 0 fully saturated rings. The van der Waals surface area contributed by atoms with Crippen molar-refractivity contribution in [2.75, 3.05) is 11.9 Å². The van der Waals surface area contributed by atoms with Gasteiger partial charge in [-0.3, -0.25) is 0 Å². The zero-order valence-electron chi connectivity index (χ0n) is 19.5. The molecule has 6 N–H and O–H groups in total. The van der Waals surface area contributed by atoms with Crippen molar-refractivity contribution < 1.29 is 5.11 Å². The lowest BCUT2D eigenvalue weighted by molar-refractivity contribution is 0.187. The van der Waals surface area contributed by atoms with Gasteiger partial charge < -0.3 is 21.9 Å². The quantitative estimate of drug-likeness (QED) is 0.203. The summed E-state index contributed by atoms with van der Waals surface area (Å²) in [7, 11) is 0. The van der Waals surface area contributed by atoms with Gasteiger partial charge in [-0.2, -0.15) is 4.99 Å². The second-order valence-corrected chi connectivity index (χ2v) is 8.35. The second-order valence-electron chi connectivity index (χ2n) is 8.35. The fourth-order valence-electron chi connectivity index (χ4n) is 4.16. The van der Waals surface area contributed by atoms with Crippen molar-refractivity contribution in [2.24, 2.45) is 16.5 Å². The number of guanidine groups is 1. The maximum Gasteiger partial charge on any atom is 0.199 e. The predicted octanol–water partition coefficient (Wildman–Crippen LogP) is 5.01. The molecule has 0 bridgehead atoms.